The number of halogens is 2. The average molecular weight is 350 g/mol. The van der Waals surface area contributed by atoms with E-state index in [1.807, 2.05) is 19.1 Å². The minimum atomic E-state index is -0.136. The minimum Gasteiger partial charge on any atom is -0.492 e. The van der Waals surface area contributed by atoms with Gasteiger partial charge in [-0.05, 0) is 31.0 Å². The van der Waals surface area contributed by atoms with Crippen LogP contribution in [0.5, 0.6) is 5.75 Å². The first-order chi connectivity index (χ1) is 9.13. The van der Waals surface area contributed by atoms with Gasteiger partial charge in [0, 0.05) is 17.6 Å². The third kappa shape index (κ3) is 6.68. The van der Waals surface area contributed by atoms with Crippen LogP contribution in [-0.4, -0.2) is 25.7 Å². The van der Waals surface area contributed by atoms with Crippen LogP contribution < -0.4 is 15.4 Å². The molecule has 1 aromatic carbocycles. The van der Waals surface area contributed by atoms with Crippen LogP contribution >= 0.6 is 27.5 Å². The Morgan fingerprint density at radius 1 is 1.37 bits per heavy atom. The van der Waals surface area contributed by atoms with Gasteiger partial charge >= 0.3 is 6.03 Å². The lowest BCUT2D eigenvalue weighted by Crippen LogP contribution is -2.36. The van der Waals surface area contributed by atoms with Crippen molar-refractivity contribution in [2.75, 3.05) is 19.7 Å². The van der Waals surface area contributed by atoms with E-state index in [4.69, 9.17) is 16.3 Å². The second kappa shape index (κ2) is 9.04. The Hall–Kier alpha value is -0.940. The molecule has 1 rings (SSSR count). The topological polar surface area (TPSA) is 50.4 Å². The van der Waals surface area contributed by atoms with E-state index in [9.17, 15) is 4.79 Å². The maximum atomic E-state index is 11.2. The van der Waals surface area contributed by atoms with Crippen LogP contribution in [0.25, 0.3) is 0 Å². The average Bonchev–Trinajstić information content (AvgIpc) is 2.38. The molecule has 0 atom stereocenters. The normalized spacial score (nSPS) is 10.1. The predicted octanol–water partition coefficient (Wildman–Crippen LogP) is 3.58. The van der Waals surface area contributed by atoms with E-state index in [1.165, 1.54) is 0 Å². The van der Waals surface area contributed by atoms with Crippen molar-refractivity contribution >= 4 is 33.6 Å². The van der Waals surface area contributed by atoms with Gasteiger partial charge in [-0.3, -0.25) is 0 Å². The van der Waals surface area contributed by atoms with E-state index in [0.717, 1.165) is 17.3 Å². The van der Waals surface area contributed by atoms with E-state index in [-0.39, 0.29) is 6.03 Å². The molecule has 0 unspecified atom stereocenters. The number of urea groups is 1. The summed E-state index contributed by atoms with van der Waals surface area (Å²) >= 11 is 9.35. The van der Waals surface area contributed by atoms with Gasteiger partial charge in [0.2, 0.25) is 0 Å². The Kier molecular flexibility index (Phi) is 7.67. The number of carbonyl (C=O) groups is 1. The van der Waals surface area contributed by atoms with Gasteiger partial charge < -0.3 is 15.4 Å². The van der Waals surface area contributed by atoms with Crippen molar-refractivity contribution in [1.29, 1.82) is 0 Å². The summed E-state index contributed by atoms with van der Waals surface area (Å²) in [5.41, 5.74) is 0. The Labute approximate surface area is 127 Å². The zero-order chi connectivity index (χ0) is 14.1. The molecule has 0 saturated heterocycles. The van der Waals surface area contributed by atoms with Crippen LogP contribution in [0, 0.1) is 0 Å². The molecule has 0 aliphatic carbocycles. The summed E-state index contributed by atoms with van der Waals surface area (Å²) in [7, 11) is 0. The Bertz CT molecular complexity index is 416. The molecule has 4 nitrogen and oxygen atoms in total. The lowest BCUT2D eigenvalue weighted by Gasteiger charge is -2.09. The van der Waals surface area contributed by atoms with E-state index in [1.54, 1.807) is 6.07 Å². The van der Waals surface area contributed by atoms with E-state index >= 15 is 0 Å². The van der Waals surface area contributed by atoms with Gasteiger partial charge in [0.1, 0.15) is 5.75 Å². The lowest BCUT2D eigenvalue weighted by atomic mass is 10.3. The summed E-state index contributed by atoms with van der Waals surface area (Å²) in [6.07, 6.45) is 1.66. The second-order valence-corrected chi connectivity index (χ2v) is 5.28. The molecule has 106 valence electrons. The first-order valence-electron chi connectivity index (χ1n) is 6.23. The van der Waals surface area contributed by atoms with Crippen LogP contribution in [0.1, 0.15) is 19.8 Å². The number of benzene rings is 1. The van der Waals surface area contributed by atoms with Crippen molar-refractivity contribution in [2.45, 2.75) is 19.8 Å². The number of hydrogen-bond acceptors (Lipinski definition) is 2. The second-order valence-electron chi connectivity index (χ2n) is 3.96. The molecule has 2 amide bonds. The number of ether oxygens (including phenoxy) is 1. The Morgan fingerprint density at radius 2 is 2.11 bits per heavy atom. The zero-order valence-electron chi connectivity index (χ0n) is 10.8. The highest BCUT2D eigenvalue weighted by Gasteiger charge is 2.02. The molecule has 0 aliphatic heterocycles. The minimum absolute atomic E-state index is 0.136. The van der Waals surface area contributed by atoms with Crippen molar-refractivity contribution in [3.8, 4) is 5.75 Å². The van der Waals surface area contributed by atoms with Crippen molar-refractivity contribution < 1.29 is 9.53 Å². The van der Waals surface area contributed by atoms with Gasteiger partial charge in [0.05, 0.1) is 11.6 Å². The molecule has 0 aromatic heterocycles. The zero-order valence-corrected chi connectivity index (χ0v) is 13.2. The first-order valence-corrected chi connectivity index (χ1v) is 7.40. The van der Waals surface area contributed by atoms with Crippen LogP contribution in [-0.2, 0) is 0 Å². The number of nitrogens with one attached hydrogen (secondary N) is 2. The van der Waals surface area contributed by atoms with E-state index < -0.39 is 0 Å². The summed E-state index contributed by atoms with van der Waals surface area (Å²) in [4.78, 5) is 11.2. The molecule has 0 spiro atoms. The summed E-state index contributed by atoms with van der Waals surface area (Å²) in [5.74, 6) is 0.653. The fourth-order valence-electron chi connectivity index (χ4n) is 1.35. The van der Waals surface area contributed by atoms with Crippen LogP contribution in [0.3, 0.4) is 0 Å². The molecular weight excluding hydrogens is 332 g/mol. The number of amides is 2. The summed E-state index contributed by atoms with van der Waals surface area (Å²) in [6.45, 7) is 3.78. The number of hydrogen-bond donors (Lipinski definition) is 2. The smallest absolute Gasteiger partial charge is 0.314 e. The fourth-order valence-corrected chi connectivity index (χ4v) is 2.08. The first kappa shape index (κ1) is 16.1. The molecule has 1 aromatic rings. The molecule has 6 heteroatoms. The largest absolute Gasteiger partial charge is 0.492 e. The summed E-state index contributed by atoms with van der Waals surface area (Å²) in [6, 6.07) is 5.34. The van der Waals surface area contributed by atoms with Crippen molar-refractivity contribution in [3.05, 3.63) is 27.7 Å². The van der Waals surface area contributed by atoms with Crippen molar-refractivity contribution in [1.82, 2.24) is 10.6 Å². The van der Waals surface area contributed by atoms with E-state index in [2.05, 4.69) is 26.6 Å². The molecule has 0 saturated carbocycles. The van der Waals surface area contributed by atoms with Gasteiger partial charge in [0.25, 0.3) is 0 Å². The fraction of sp³-hybridized carbons (Fsp3) is 0.462. The SMILES string of the molecule is CCCNC(=O)NCCCOc1ccc(Br)cc1Cl. The van der Waals surface area contributed by atoms with Gasteiger partial charge in [-0.2, -0.15) is 0 Å². The van der Waals surface area contributed by atoms with Crippen LogP contribution in [0.4, 0.5) is 4.79 Å². The molecule has 0 bridgehead atoms. The molecule has 0 heterocycles. The third-order valence-corrected chi connectivity index (χ3v) is 3.08. The number of rotatable bonds is 7. The standard InChI is InChI=1S/C13H18BrClN2O2/c1-2-6-16-13(18)17-7-3-8-19-12-5-4-10(14)9-11(12)15/h4-5,9H,2-3,6-8H2,1H3,(H2,16,17,18). The van der Waals surface area contributed by atoms with Gasteiger partial charge in [-0.25, -0.2) is 4.79 Å². The van der Waals surface area contributed by atoms with Crippen molar-refractivity contribution in [3.63, 3.8) is 0 Å². The highest BCUT2D eigenvalue weighted by atomic mass is 79.9. The quantitative estimate of drug-likeness (QED) is 0.739. The molecule has 19 heavy (non-hydrogen) atoms. The maximum absolute atomic E-state index is 11.2. The molecule has 0 radical (unpaired) electrons. The highest BCUT2D eigenvalue weighted by Crippen LogP contribution is 2.27. The Balaban J connectivity index is 2.15. The highest BCUT2D eigenvalue weighted by molar-refractivity contribution is 9.10. The predicted molar refractivity (Wildman–Crippen MR) is 81.0 cm³/mol. The molecular formula is C13H18BrClN2O2. The van der Waals surface area contributed by atoms with Gasteiger partial charge in [0.15, 0.2) is 0 Å². The maximum Gasteiger partial charge on any atom is 0.314 e. The molecule has 0 aliphatic rings. The monoisotopic (exact) mass is 348 g/mol. The van der Waals surface area contributed by atoms with Gasteiger partial charge in [-0.1, -0.05) is 34.5 Å². The summed E-state index contributed by atoms with van der Waals surface area (Å²) < 4.78 is 6.45. The molecule has 2 N–H and O–H groups in total. The third-order valence-electron chi connectivity index (χ3n) is 2.29. The lowest BCUT2D eigenvalue weighted by molar-refractivity contribution is 0.239. The number of carbonyl (C=O) groups excluding carboxylic acids is 1. The molecule has 0 fully saturated rings. The van der Waals surface area contributed by atoms with Crippen molar-refractivity contribution in [2.24, 2.45) is 0 Å². The van der Waals surface area contributed by atoms with Gasteiger partial charge in [-0.15, -0.1) is 0 Å². The Morgan fingerprint density at radius 3 is 2.79 bits per heavy atom. The summed E-state index contributed by atoms with van der Waals surface area (Å²) in [5, 5.41) is 6.07. The van der Waals surface area contributed by atoms with Crippen LogP contribution in [0.2, 0.25) is 5.02 Å². The van der Waals surface area contributed by atoms with E-state index in [0.29, 0.717) is 30.5 Å². The van der Waals surface area contributed by atoms with Crippen LogP contribution in [0.15, 0.2) is 22.7 Å².